The molecule has 0 aromatic heterocycles. The maximum atomic E-state index is 10.4. The van der Waals surface area contributed by atoms with E-state index >= 15 is 0 Å². The summed E-state index contributed by atoms with van der Waals surface area (Å²) >= 11 is 11.2. The molecule has 0 spiro atoms. The summed E-state index contributed by atoms with van der Waals surface area (Å²) < 4.78 is 0. The third-order valence-electron chi connectivity index (χ3n) is 1.58. The van der Waals surface area contributed by atoms with E-state index in [0.717, 1.165) is 11.1 Å². The van der Waals surface area contributed by atoms with Gasteiger partial charge < -0.3 is 0 Å². The molecule has 1 aromatic rings. The topological polar surface area (TPSA) is 17.1 Å². The number of alkyl halides is 2. The number of rotatable bonds is 3. The van der Waals surface area contributed by atoms with Gasteiger partial charge in [0.05, 0.1) is 0 Å². The maximum Gasteiger partial charge on any atom is 0.233 e. The van der Waals surface area contributed by atoms with Crippen molar-refractivity contribution in [2.45, 2.75) is 11.8 Å². The minimum absolute atomic E-state index is 0.315. The van der Waals surface area contributed by atoms with Gasteiger partial charge in [0, 0.05) is 17.3 Å². The van der Waals surface area contributed by atoms with Crippen LogP contribution < -0.4 is 0 Å². The van der Waals surface area contributed by atoms with E-state index < -0.39 is 0 Å². The minimum Gasteiger partial charge on any atom is -0.285 e. The number of benzene rings is 1. The van der Waals surface area contributed by atoms with Crippen LogP contribution in [0, 0.1) is 0 Å². The fourth-order valence-corrected chi connectivity index (χ4v) is 1.33. The Balaban J connectivity index is 3.10. The summed E-state index contributed by atoms with van der Waals surface area (Å²) in [5, 5.41) is 0. The number of hydrogen-bond donors (Lipinski definition) is 0. The summed E-state index contributed by atoms with van der Waals surface area (Å²) in [6, 6.07) is 5.30. The van der Waals surface area contributed by atoms with E-state index in [2.05, 4.69) is 0 Å². The van der Waals surface area contributed by atoms with Crippen molar-refractivity contribution < 1.29 is 4.79 Å². The first-order valence-corrected chi connectivity index (χ1v) is 4.50. The van der Waals surface area contributed by atoms with Gasteiger partial charge in [-0.3, -0.25) is 4.79 Å². The zero-order valence-corrected chi connectivity index (χ0v) is 7.82. The molecule has 0 saturated carbocycles. The van der Waals surface area contributed by atoms with Crippen LogP contribution >= 0.6 is 23.2 Å². The van der Waals surface area contributed by atoms with Crippen LogP contribution in [-0.2, 0) is 16.6 Å². The molecule has 1 rings (SSSR count). The van der Waals surface area contributed by atoms with Crippen LogP contribution in [0.1, 0.15) is 16.7 Å². The van der Waals surface area contributed by atoms with Crippen LogP contribution in [0.15, 0.2) is 18.2 Å². The summed E-state index contributed by atoms with van der Waals surface area (Å²) in [6.07, 6.45) is 1.82. The van der Waals surface area contributed by atoms with Crippen molar-refractivity contribution in [2.75, 3.05) is 0 Å². The largest absolute Gasteiger partial charge is 0.285 e. The summed E-state index contributed by atoms with van der Waals surface area (Å²) in [4.78, 5) is 10.4. The minimum atomic E-state index is 0.315. The molecule has 0 aliphatic heterocycles. The third kappa shape index (κ3) is 1.99. The van der Waals surface area contributed by atoms with E-state index in [-0.39, 0.29) is 0 Å². The van der Waals surface area contributed by atoms with E-state index in [1.807, 2.05) is 12.4 Å². The van der Waals surface area contributed by atoms with Gasteiger partial charge in [0.2, 0.25) is 6.29 Å². The molecule has 0 aliphatic rings. The molecule has 3 heteroatoms. The number of halogens is 2. The van der Waals surface area contributed by atoms with Gasteiger partial charge in [-0.05, 0) is 11.1 Å². The van der Waals surface area contributed by atoms with Gasteiger partial charge in [0.15, 0.2) is 0 Å². The van der Waals surface area contributed by atoms with Crippen LogP contribution in [0.2, 0.25) is 0 Å². The molecule has 0 bridgehead atoms. The lowest BCUT2D eigenvalue weighted by Crippen LogP contribution is -1.91. The number of carbonyl (C=O) groups excluding carboxylic acids is 1. The molecule has 0 saturated heterocycles. The second-order valence-electron chi connectivity index (χ2n) is 2.36. The van der Waals surface area contributed by atoms with Crippen LogP contribution in [0.25, 0.3) is 0 Å². The van der Waals surface area contributed by atoms with Gasteiger partial charge in [-0.1, -0.05) is 18.2 Å². The maximum absolute atomic E-state index is 10.4. The molecule has 0 atom stereocenters. The lowest BCUT2D eigenvalue weighted by Gasteiger charge is -2.01. The second-order valence-corrected chi connectivity index (χ2v) is 2.90. The van der Waals surface area contributed by atoms with E-state index in [1.165, 1.54) is 0 Å². The van der Waals surface area contributed by atoms with E-state index in [0.29, 0.717) is 17.3 Å². The molecular weight excluding hydrogens is 195 g/mol. The van der Waals surface area contributed by atoms with Crippen LogP contribution in [0.3, 0.4) is 0 Å². The Morgan fingerprint density at radius 2 is 2.00 bits per heavy atom. The average molecular weight is 202 g/mol. The van der Waals surface area contributed by atoms with Crippen LogP contribution in [0.5, 0.6) is 0 Å². The normalized spacial score (nSPS) is 9.83. The third-order valence-corrected chi connectivity index (χ3v) is 2.17. The highest BCUT2D eigenvalue weighted by molar-refractivity contribution is 6.18. The van der Waals surface area contributed by atoms with Crippen molar-refractivity contribution in [1.82, 2.24) is 0 Å². The Morgan fingerprint density at radius 1 is 1.25 bits per heavy atom. The van der Waals surface area contributed by atoms with Crippen molar-refractivity contribution in [2.24, 2.45) is 0 Å². The van der Waals surface area contributed by atoms with Gasteiger partial charge in [-0.2, -0.15) is 0 Å². The summed E-state index contributed by atoms with van der Waals surface area (Å²) in [5.74, 6) is 0.748. The quantitative estimate of drug-likeness (QED) is 0.688. The molecule has 0 N–H and O–H groups in total. The second kappa shape index (κ2) is 4.48. The fraction of sp³-hybridized carbons (Fsp3) is 0.222. The highest BCUT2D eigenvalue weighted by Crippen LogP contribution is 2.14. The van der Waals surface area contributed by atoms with E-state index in [1.54, 1.807) is 12.1 Å². The molecule has 0 heterocycles. The van der Waals surface area contributed by atoms with Crippen LogP contribution in [0.4, 0.5) is 0 Å². The first-order chi connectivity index (χ1) is 5.81. The predicted molar refractivity (Wildman–Crippen MR) is 50.4 cm³/mol. The van der Waals surface area contributed by atoms with Crippen molar-refractivity contribution in [3.05, 3.63) is 34.9 Å². The molecule has 0 unspecified atom stereocenters. The van der Waals surface area contributed by atoms with Gasteiger partial charge in [0.25, 0.3) is 0 Å². The first kappa shape index (κ1) is 9.56. The Labute approximate surface area is 81.3 Å². The van der Waals surface area contributed by atoms with Crippen molar-refractivity contribution in [1.29, 1.82) is 0 Å². The van der Waals surface area contributed by atoms with Crippen LogP contribution in [-0.4, -0.2) is 6.29 Å². The average Bonchev–Trinajstić information content (AvgIpc) is 2.16. The predicted octanol–water partition coefficient (Wildman–Crippen LogP) is 2.62. The van der Waals surface area contributed by atoms with Crippen molar-refractivity contribution in [3.63, 3.8) is 0 Å². The molecular formula is C9H7Cl2O. The molecule has 1 nitrogen and oxygen atoms in total. The molecule has 1 aromatic carbocycles. The molecule has 0 aliphatic carbocycles. The first-order valence-electron chi connectivity index (χ1n) is 3.43. The Morgan fingerprint density at radius 3 is 2.50 bits per heavy atom. The SMILES string of the molecule is O=[C]c1ccc(CCl)cc1CCl. The summed E-state index contributed by atoms with van der Waals surface area (Å²) in [6.45, 7) is 0. The highest BCUT2D eigenvalue weighted by Gasteiger charge is 2.01. The van der Waals surface area contributed by atoms with Crippen molar-refractivity contribution in [3.8, 4) is 0 Å². The summed E-state index contributed by atoms with van der Waals surface area (Å²) in [7, 11) is 0. The highest BCUT2D eigenvalue weighted by atomic mass is 35.5. The Hall–Kier alpha value is -0.530. The van der Waals surface area contributed by atoms with E-state index in [4.69, 9.17) is 23.2 Å². The van der Waals surface area contributed by atoms with Gasteiger partial charge in [-0.25, -0.2) is 0 Å². The Kier molecular flexibility index (Phi) is 3.57. The smallest absolute Gasteiger partial charge is 0.233 e. The fourth-order valence-electron chi connectivity index (χ4n) is 0.940. The zero-order valence-electron chi connectivity index (χ0n) is 6.31. The monoisotopic (exact) mass is 201 g/mol. The Bertz CT molecular complexity index is 284. The lowest BCUT2D eigenvalue weighted by molar-refractivity contribution is 0.562. The lowest BCUT2D eigenvalue weighted by atomic mass is 10.1. The standard InChI is InChI=1S/C9H7Cl2O/c10-4-7-1-2-8(6-12)9(3-7)5-11/h1-3H,4-5H2. The zero-order chi connectivity index (χ0) is 8.97. The van der Waals surface area contributed by atoms with E-state index in [9.17, 15) is 4.79 Å². The molecule has 0 amide bonds. The van der Waals surface area contributed by atoms with Gasteiger partial charge in [-0.15, -0.1) is 23.2 Å². The molecule has 1 radical (unpaired) electrons. The molecule has 0 fully saturated rings. The van der Waals surface area contributed by atoms with Crippen molar-refractivity contribution >= 4 is 29.5 Å². The number of hydrogen-bond acceptors (Lipinski definition) is 1. The van der Waals surface area contributed by atoms with Gasteiger partial charge in [0.1, 0.15) is 0 Å². The molecule has 12 heavy (non-hydrogen) atoms. The molecule has 63 valence electrons. The van der Waals surface area contributed by atoms with Gasteiger partial charge >= 0.3 is 0 Å². The summed E-state index contributed by atoms with van der Waals surface area (Å²) in [5.41, 5.74) is 2.26.